The third-order valence-electron chi connectivity index (χ3n) is 4.51. The number of aromatic nitrogens is 4. The van der Waals surface area contributed by atoms with Gasteiger partial charge in [-0.1, -0.05) is 20.8 Å². The van der Waals surface area contributed by atoms with E-state index in [0.717, 1.165) is 36.5 Å². The van der Waals surface area contributed by atoms with E-state index >= 15 is 0 Å². The van der Waals surface area contributed by atoms with E-state index in [4.69, 9.17) is 0 Å². The summed E-state index contributed by atoms with van der Waals surface area (Å²) in [6, 6.07) is 1.87. The molecule has 3 heterocycles. The highest BCUT2D eigenvalue weighted by molar-refractivity contribution is 5.92. The van der Waals surface area contributed by atoms with Gasteiger partial charge in [0.1, 0.15) is 5.69 Å². The van der Waals surface area contributed by atoms with Gasteiger partial charge in [0.05, 0.1) is 11.4 Å². The van der Waals surface area contributed by atoms with E-state index in [0.29, 0.717) is 12.2 Å². The quantitative estimate of drug-likeness (QED) is 0.920. The first-order chi connectivity index (χ1) is 11.3. The van der Waals surface area contributed by atoms with Crippen LogP contribution in [0.5, 0.6) is 0 Å². The van der Waals surface area contributed by atoms with Gasteiger partial charge in [0.25, 0.3) is 5.91 Å². The van der Waals surface area contributed by atoms with Crippen molar-refractivity contribution in [2.45, 2.75) is 51.9 Å². The van der Waals surface area contributed by atoms with E-state index in [1.54, 1.807) is 6.20 Å². The van der Waals surface area contributed by atoms with E-state index in [9.17, 15) is 4.79 Å². The topological polar surface area (TPSA) is 74.8 Å². The first-order valence-electron chi connectivity index (χ1n) is 8.48. The molecule has 6 heteroatoms. The van der Waals surface area contributed by atoms with Crippen LogP contribution in [0.15, 0.2) is 18.5 Å². The molecule has 0 aromatic carbocycles. The van der Waals surface area contributed by atoms with Crippen LogP contribution < -0.4 is 0 Å². The molecule has 0 saturated carbocycles. The number of likely N-dealkylation sites (tertiary alicyclic amines) is 1. The zero-order valence-electron chi connectivity index (χ0n) is 14.8. The Morgan fingerprint density at radius 3 is 2.79 bits per heavy atom. The van der Waals surface area contributed by atoms with Crippen molar-refractivity contribution in [3.05, 3.63) is 41.2 Å². The minimum atomic E-state index is -0.0485. The number of H-pyrrole nitrogens is 1. The maximum absolute atomic E-state index is 12.8. The normalized spacial score (nSPS) is 18.7. The van der Waals surface area contributed by atoms with Gasteiger partial charge in [0.15, 0.2) is 0 Å². The molecule has 6 nitrogen and oxygen atoms in total. The number of hydrogen-bond donors (Lipinski definition) is 1. The summed E-state index contributed by atoms with van der Waals surface area (Å²) >= 11 is 0. The van der Waals surface area contributed by atoms with Crippen molar-refractivity contribution in [2.75, 3.05) is 13.1 Å². The van der Waals surface area contributed by atoms with Gasteiger partial charge in [0, 0.05) is 42.5 Å². The van der Waals surface area contributed by atoms with Gasteiger partial charge >= 0.3 is 0 Å². The van der Waals surface area contributed by atoms with Crippen molar-refractivity contribution in [1.82, 2.24) is 25.1 Å². The minimum Gasteiger partial charge on any atom is -0.337 e. The lowest BCUT2D eigenvalue weighted by atomic mass is 9.92. The lowest BCUT2D eigenvalue weighted by Gasteiger charge is -2.32. The van der Waals surface area contributed by atoms with Crippen molar-refractivity contribution in [3.8, 4) is 0 Å². The highest BCUT2D eigenvalue weighted by atomic mass is 16.2. The third-order valence-corrected chi connectivity index (χ3v) is 4.51. The number of nitrogens with zero attached hydrogens (tertiary/aromatic N) is 4. The second kappa shape index (κ2) is 6.34. The summed E-state index contributed by atoms with van der Waals surface area (Å²) < 4.78 is 0. The summed E-state index contributed by atoms with van der Waals surface area (Å²) in [5.41, 5.74) is 3.32. The number of carbonyl (C=O) groups is 1. The predicted molar refractivity (Wildman–Crippen MR) is 91.9 cm³/mol. The maximum atomic E-state index is 12.8. The standard InChI is InChI=1S/C18H25N5O/c1-12-9-19-10-15(20-12)13-6-5-7-23(11-13)17(24)14-8-16(22-21-14)18(2,3)4/h8-10,13H,5-7,11H2,1-4H3,(H,21,22)/t13-/m1/s1. The maximum Gasteiger partial charge on any atom is 0.274 e. The first kappa shape index (κ1) is 16.6. The molecule has 1 saturated heterocycles. The van der Waals surface area contributed by atoms with Crippen LogP contribution in [0.25, 0.3) is 0 Å². The Balaban J connectivity index is 1.74. The number of rotatable bonds is 2. The van der Waals surface area contributed by atoms with E-state index in [-0.39, 0.29) is 17.2 Å². The molecule has 24 heavy (non-hydrogen) atoms. The van der Waals surface area contributed by atoms with Gasteiger partial charge in [-0.2, -0.15) is 5.10 Å². The summed E-state index contributed by atoms with van der Waals surface area (Å²) in [5, 5.41) is 7.22. The summed E-state index contributed by atoms with van der Waals surface area (Å²) in [4.78, 5) is 23.5. The highest BCUT2D eigenvalue weighted by Gasteiger charge is 2.28. The number of amides is 1. The van der Waals surface area contributed by atoms with Gasteiger partial charge < -0.3 is 4.90 Å². The molecule has 2 aromatic rings. The van der Waals surface area contributed by atoms with Crippen LogP contribution in [0.2, 0.25) is 0 Å². The number of carbonyl (C=O) groups excluding carboxylic acids is 1. The molecule has 0 bridgehead atoms. The lowest BCUT2D eigenvalue weighted by Crippen LogP contribution is -2.39. The largest absolute Gasteiger partial charge is 0.337 e. The zero-order valence-corrected chi connectivity index (χ0v) is 14.8. The Bertz CT molecular complexity index is 731. The third kappa shape index (κ3) is 3.47. The molecule has 1 atom stereocenters. The summed E-state index contributed by atoms with van der Waals surface area (Å²) in [5.74, 6) is 0.239. The Morgan fingerprint density at radius 1 is 1.33 bits per heavy atom. The number of aromatic amines is 1. The molecule has 0 spiro atoms. The summed E-state index contributed by atoms with van der Waals surface area (Å²) in [6.07, 6.45) is 5.59. The van der Waals surface area contributed by atoms with Gasteiger partial charge in [-0.05, 0) is 25.8 Å². The van der Waals surface area contributed by atoms with Crippen LogP contribution in [0.1, 0.15) is 67.1 Å². The Kier molecular flexibility index (Phi) is 4.39. The fraction of sp³-hybridized carbons (Fsp3) is 0.556. The van der Waals surface area contributed by atoms with E-state index in [1.165, 1.54) is 0 Å². The van der Waals surface area contributed by atoms with E-state index in [2.05, 4.69) is 40.9 Å². The van der Waals surface area contributed by atoms with Crippen LogP contribution in [0, 0.1) is 6.92 Å². The molecule has 1 N–H and O–H groups in total. The van der Waals surface area contributed by atoms with Gasteiger partial charge in [0.2, 0.25) is 0 Å². The van der Waals surface area contributed by atoms with Crippen LogP contribution >= 0.6 is 0 Å². The molecule has 0 unspecified atom stereocenters. The highest BCUT2D eigenvalue weighted by Crippen LogP contribution is 2.27. The smallest absolute Gasteiger partial charge is 0.274 e. The van der Waals surface area contributed by atoms with Gasteiger partial charge in [-0.3, -0.25) is 19.9 Å². The molecule has 1 aliphatic rings. The predicted octanol–water partition coefficient (Wildman–Crippen LogP) is 2.83. The molecule has 0 radical (unpaired) electrons. The van der Waals surface area contributed by atoms with Gasteiger partial charge in [-0.25, -0.2) is 0 Å². The fourth-order valence-corrected chi connectivity index (χ4v) is 3.06. The molecule has 1 aliphatic heterocycles. The zero-order chi connectivity index (χ0) is 17.3. The Hall–Kier alpha value is -2.24. The van der Waals surface area contributed by atoms with E-state index < -0.39 is 0 Å². The van der Waals surface area contributed by atoms with Crippen LogP contribution in [-0.2, 0) is 5.41 Å². The molecule has 1 fully saturated rings. The van der Waals surface area contributed by atoms with Crippen molar-refractivity contribution in [2.24, 2.45) is 0 Å². The molecule has 3 rings (SSSR count). The van der Waals surface area contributed by atoms with Crippen molar-refractivity contribution in [1.29, 1.82) is 0 Å². The molecule has 0 aliphatic carbocycles. The second-order valence-electron chi connectivity index (χ2n) is 7.59. The Morgan fingerprint density at radius 2 is 2.12 bits per heavy atom. The second-order valence-corrected chi connectivity index (χ2v) is 7.59. The summed E-state index contributed by atoms with van der Waals surface area (Å²) in [6.45, 7) is 9.69. The van der Waals surface area contributed by atoms with Crippen molar-refractivity contribution in [3.63, 3.8) is 0 Å². The number of hydrogen-bond acceptors (Lipinski definition) is 4. The lowest BCUT2D eigenvalue weighted by molar-refractivity contribution is 0.0699. The van der Waals surface area contributed by atoms with Crippen LogP contribution in [0.3, 0.4) is 0 Å². The SMILES string of the molecule is Cc1cncc([C@@H]2CCCN(C(=O)c3cc(C(C)(C)C)[nH]n3)C2)n1. The number of aryl methyl sites for hydroxylation is 1. The van der Waals surface area contributed by atoms with E-state index in [1.807, 2.05) is 24.1 Å². The molecule has 128 valence electrons. The molecular formula is C18H25N5O. The van der Waals surface area contributed by atoms with Crippen molar-refractivity contribution >= 4 is 5.91 Å². The minimum absolute atomic E-state index is 0.00735. The van der Waals surface area contributed by atoms with Crippen molar-refractivity contribution < 1.29 is 4.79 Å². The monoisotopic (exact) mass is 327 g/mol. The molecule has 1 amide bonds. The van der Waals surface area contributed by atoms with Crippen LogP contribution in [-0.4, -0.2) is 44.1 Å². The average molecular weight is 327 g/mol. The first-order valence-corrected chi connectivity index (χ1v) is 8.48. The summed E-state index contributed by atoms with van der Waals surface area (Å²) in [7, 11) is 0. The molecule has 2 aromatic heterocycles. The molecular weight excluding hydrogens is 302 g/mol. The number of piperidine rings is 1. The van der Waals surface area contributed by atoms with Gasteiger partial charge in [-0.15, -0.1) is 0 Å². The fourth-order valence-electron chi connectivity index (χ4n) is 3.06. The number of nitrogens with one attached hydrogen (secondary N) is 1. The Labute approximate surface area is 142 Å². The average Bonchev–Trinajstić information content (AvgIpc) is 3.04. The van der Waals surface area contributed by atoms with Crippen LogP contribution in [0.4, 0.5) is 0 Å².